The third kappa shape index (κ3) is 3.62. The van der Waals surface area contributed by atoms with Crippen LogP contribution in [0.25, 0.3) is 28.1 Å². The zero-order chi connectivity index (χ0) is 18.8. The molecule has 4 rings (SSSR count). The van der Waals surface area contributed by atoms with Crippen LogP contribution in [0.1, 0.15) is 5.82 Å². The van der Waals surface area contributed by atoms with E-state index in [1.54, 1.807) is 6.07 Å². The van der Waals surface area contributed by atoms with Gasteiger partial charge in [0.1, 0.15) is 17.2 Å². The standard InChI is InChI=1S/C17H9ClIN7O/c18-13-3-1-10(19)5-12(13)17-22-14-6-11(2-4-15(14)27-17)21-8-9(7-20)16-23-25-26-24-16/h1-6,8,21H,(H,23,24,25,26). The number of benzene rings is 2. The van der Waals surface area contributed by atoms with E-state index in [4.69, 9.17) is 16.0 Å². The van der Waals surface area contributed by atoms with E-state index >= 15 is 0 Å². The molecule has 0 radical (unpaired) electrons. The molecule has 27 heavy (non-hydrogen) atoms. The number of rotatable bonds is 4. The van der Waals surface area contributed by atoms with E-state index in [0.29, 0.717) is 22.0 Å². The molecule has 10 heteroatoms. The van der Waals surface area contributed by atoms with Crippen LogP contribution in [0.4, 0.5) is 5.69 Å². The molecule has 0 aliphatic rings. The number of hydrogen-bond donors (Lipinski definition) is 2. The minimum absolute atomic E-state index is 0.211. The smallest absolute Gasteiger partial charge is 0.228 e. The molecular weight excluding hydrogens is 481 g/mol. The van der Waals surface area contributed by atoms with Crippen molar-refractivity contribution in [1.82, 2.24) is 25.6 Å². The van der Waals surface area contributed by atoms with Gasteiger partial charge in [0.15, 0.2) is 5.58 Å². The summed E-state index contributed by atoms with van der Waals surface area (Å²) in [6.45, 7) is 0. The van der Waals surface area contributed by atoms with Crippen molar-refractivity contribution in [1.29, 1.82) is 5.26 Å². The van der Waals surface area contributed by atoms with Crippen molar-refractivity contribution < 1.29 is 4.42 Å². The highest BCUT2D eigenvalue weighted by atomic mass is 127. The molecule has 2 aromatic carbocycles. The van der Waals surface area contributed by atoms with E-state index < -0.39 is 0 Å². The molecule has 0 fully saturated rings. The van der Waals surface area contributed by atoms with Crippen molar-refractivity contribution in [2.45, 2.75) is 0 Å². The molecule has 0 bridgehead atoms. The summed E-state index contributed by atoms with van der Waals surface area (Å²) in [6.07, 6.45) is 1.50. The number of nitrogens with zero attached hydrogens (tertiary/aromatic N) is 5. The SMILES string of the molecule is N#CC(=CNc1ccc2oc(-c3cc(I)ccc3Cl)nc2c1)c1nn[nH]n1. The second-order valence-corrected chi connectivity index (χ2v) is 7.03. The van der Waals surface area contributed by atoms with Crippen LogP contribution in [-0.4, -0.2) is 25.6 Å². The maximum Gasteiger partial charge on any atom is 0.228 e. The highest BCUT2D eigenvalue weighted by Crippen LogP contribution is 2.32. The van der Waals surface area contributed by atoms with Crippen molar-refractivity contribution in [2.75, 3.05) is 5.32 Å². The summed E-state index contributed by atoms with van der Waals surface area (Å²) >= 11 is 8.48. The second-order valence-electron chi connectivity index (χ2n) is 5.38. The van der Waals surface area contributed by atoms with Gasteiger partial charge in [-0.3, -0.25) is 0 Å². The Bertz CT molecular complexity index is 1190. The van der Waals surface area contributed by atoms with Crippen LogP contribution in [0.3, 0.4) is 0 Å². The highest BCUT2D eigenvalue weighted by molar-refractivity contribution is 14.1. The first-order valence-corrected chi connectivity index (χ1v) is 9.06. The summed E-state index contributed by atoms with van der Waals surface area (Å²) in [5, 5.41) is 26.1. The van der Waals surface area contributed by atoms with Crippen molar-refractivity contribution in [3.63, 3.8) is 0 Å². The predicted molar refractivity (Wildman–Crippen MR) is 109 cm³/mol. The lowest BCUT2D eigenvalue weighted by molar-refractivity contribution is 0.620. The number of aromatic nitrogens is 5. The van der Waals surface area contributed by atoms with Gasteiger partial charge in [-0.05, 0) is 64.2 Å². The molecule has 2 heterocycles. The Kier molecular flexibility index (Phi) is 4.74. The first kappa shape index (κ1) is 17.4. The summed E-state index contributed by atoms with van der Waals surface area (Å²) in [5.74, 6) is 0.661. The van der Waals surface area contributed by atoms with Crippen LogP contribution in [0, 0.1) is 14.9 Å². The lowest BCUT2D eigenvalue weighted by Crippen LogP contribution is -1.92. The van der Waals surface area contributed by atoms with Gasteiger partial charge in [0.05, 0.1) is 10.6 Å². The van der Waals surface area contributed by atoms with E-state index in [0.717, 1.165) is 14.8 Å². The van der Waals surface area contributed by atoms with Crippen molar-refractivity contribution in [3.8, 4) is 17.5 Å². The van der Waals surface area contributed by atoms with Gasteiger partial charge in [0.25, 0.3) is 0 Å². The third-order valence-electron chi connectivity index (χ3n) is 3.64. The number of nitrogens with one attached hydrogen (secondary N) is 2. The Morgan fingerprint density at radius 3 is 2.96 bits per heavy atom. The lowest BCUT2D eigenvalue weighted by Gasteiger charge is -2.00. The number of nitriles is 1. The van der Waals surface area contributed by atoms with Crippen LogP contribution < -0.4 is 5.32 Å². The van der Waals surface area contributed by atoms with Crippen LogP contribution in [0.5, 0.6) is 0 Å². The molecule has 2 aromatic heterocycles. The van der Waals surface area contributed by atoms with Crippen molar-refractivity contribution >= 4 is 56.6 Å². The maximum absolute atomic E-state index is 9.20. The molecule has 4 aromatic rings. The van der Waals surface area contributed by atoms with E-state index in [2.05, 4.69) is 53.5 Å². The molecule has 0 aliphatic carbocycles. The quantitative estimate of drug-likeness (QED) is 0.325. The molecule has 0 saturated carbocycles. The van der Waals surface area contributed by atoms with E-state index in [1.165, 1.54) is 6.20 Å². The molecule has 2 N–H and O–H groups in total. The number of halogens is 2. The van der Waals surface area contributed by atoms with Gasteiger partial charge in [0.2, 0.25) is 11.7 Å². The van der Waals surface area contributed by atoms with Crippen LogP contribution in [-0.2, 0) is 0 Å². The first-order chi connectivity index (χ1) is 13.1. The van der Waals surface area contributed by atoms with Gasteiger partial charge < -0.3 is 9.73 Å². The molecule has 0 aliphatic heterocycles. The van der Waals surface area contributed by atoms with Crippen LogP contribution in [0.15, 0.2) is 47.0 Å². The van der Waals surface area contributed by atoms with Crippen molar-refractivity contribution in [2.24, 2.45) is 0 Å². The molecule has 0 atom stereocenters. The monoisotopic (exact) mass is 489 g/mol. The van der Waals surface area contributed by atoms with Gasteiger partial charge in [-0.2, -0.15) is 10.5 Å². The molecule has 0 amide bonds. The minimum Gasteiger partial charge on any atom is -0.436 e. The van der Waals surface area contributed by atoms with E-state index in [-0.39, 0.29) is 11.4 Å². The number of oxazole rings is 1. The Hall–Kier alpha value is -2.97. The number of tetrazole rings is 1. The number of allylic oxidation sites excluding steroid dienone is 1. The first-order valence-electron chi connectivity index (χ1n) is 7.60. The Morgan fingerprint density at radius 1 is 1.30 bits per heavy atom. The highest BCUT2D eigenvalue weighted by Gasteiger charge is 2.13. The average Bonchev–Trinajstić information content (AvgIpc) is 3.33. The summed E-state index contributed by atoms with van der Waals surface area (Å²) < 4.78 is 6.86. The van der Waals surface area contributed by atoms with Gasteiger partial charge in [-0.25, -0.2) is 4.98 Å². The fourth-order valence-corrected chi connectivity index (χ4v) is 3.06. The molecule has 0 spiro atoms. The molecule has 8 nitrogen and oxygen atoms in total. The Morgan fingerprint density at radius 2 is 2.19 bits per heavy atom. The molecular formula is C17H9ClIN7O. The predicted octanol–water partition coefficient (Wildman–Crippen LogP) is 4.24. The summed E-state index contributed by atoms with van der Waals surface area (Å²) in [7, 11) is 0. The van der Waals surface area contributed by atoms with Gasteiger partial charge >= 0.3 is 0 Å². The largest absolute Gasteiger partial charge is 0.436 e. The number of H-pyrrole nitrogens is 1. The van der Waals surface area contributed by atoms with E-state index in [1.807, 2.05) is 36.4 Å². The molecule has 132 valence electrons. The van der Waals surface area contributed by atoms with Gasteiger partial charge in [-0.15, -0.1) is 10.2 Å². The third-order valence-corrected chi connectivity index (χ3v) is 4.64. The van der Waals surface area contributed by atoms with Crippen LogP contribution in [0.2, 0.25) is 5.02 Å². The molecule has 0 unspecified atom stereocenters. The van der Waals surface area contributed by atoms with Crippen LogP contribution >= 0.6 is 34.2 Å². The minimum atomic E-state index is 0.211. The summed E-state index contributed by atoms with van der Waals surface area (Å²) in [6, 6.07) is 13.1. The normalized spacial score (nSPS) is 11.5. The zero-order valence-electron chi connectivity index (χ0n) is 13.4. The fraction of sp³-hybridized carbons (Fsp3) is 0. The Labute approximate surface area is 171 Å². The van der Waals surface area contributed by atoms with Gasteiger partial charge in [0, 0.05) is 15.5 Å². The molecule has 0 saturated heterocycles. The van der Waals surface area contributed by atoms with E-state index in [9.17, 15) is 5.26 Å². The van der Waals surface area contributed by atoms with Crippen molar-refractivity contribution in [3.05, 3.63) is 57.0 Å². The number of anilines is 1. The number of fused-ring (bicyclic) bond motifs is 1. The zero-order valence-corrected chi connectivity index (χ0v) is 16.4. The number of hydrogen-bond acceptors (Lipinski definition) is 7. The summed E-state index contributed by atoms with van der Waals surface area (Å²) in [5.41, 5.74) is 3.00. The fourth-order valence-electron chi connectivity index (χ4n) is 2.37. The second kappa shape index (κ2) is 7.34. The Balaban J connectivity index is 1.65. The maximum atomic E-state index is 9.20. The lowest BCUT2D eigenvalue weighted by atomic mass is 10.2. The number of aromatic amines is 1. The average molecular weight is 490 g/mol. The van der Waals surface area contributed by atoms with Gasteiger partial charge in [-0.1, -0.05) is 11.6 Å². The summed E-state index contributed by atoms with van der Waals surface area (Å²) in [4.78, 5) is 4.52. The topological polar surface area (TPSA) is 116 Å².